The Morgan fingerprint density at radius 2 is 1.92 bits per heavy atom. The molecule has 0 aromatic heterocycles. The Hall–Kier alpha value is -1.91. The van der Waals surface area contributed by atoms with Crippen LogP contribution in [0.25, 0.3) is 0 Å². The summed E-state index contributed by atoms with van der Waals surface area (Å²) in [6.45, 7) is 2.92. The zero-order valence-corrected chi connectivity index (χ0v) is 14.8. The van der Waals surface area contributed by atoms with Gasteiger partial charge in [0.25, 0.3) is 0 Å². The second-order valence-corrected chi connectivity index (χ2v) is 7.27. The van der Waals surface area contributed by atoms with Crippen molar-refractivity contribution >= 4 is 11.8 Å². The third kappa shape index (κ3) is 5.03. The number of halogens is 1. The fourth-order valence-electron chi connectivity index (χ4n) is 3.90. The molecule has 2 aliphatic heterocycles. The lowest BCUT2D eigenvalue weighted by molar-refractivity contribution is -0.136. The average Bonchev–Trinajstić information content (AvgIpc) is 2.63. The number of hydrogen-bond donors (Lipinski definition) is 0. The lowest BCUT2D eigenvalue weighted by Gasteiger charge is -2.34. The second kappa shape index (κ2) is 8.45. The van der Waals surface area contributed by atoms with Gasteiger partial charge in [0.1, 0.15) is 5.82 Å². The van der Waals surface area contributed by atoms with E-state index in [1.54, 1.807) is 0 Å². The molecule has 4 nitrogen and oxygen atoms in total. The third-order valence-corrected chi connectivity index (χ3v) is 5.33. The minimum atomic E-state index is -0.212. The fourth-order valence-corrected chi connectivity index (χ4v) is 3.90. The van der Waals surface area contributed by atoms with Crippen molar-refractivity contribution in [3.63, 3.8) is 0 Å². The molecule has 2 heterocycles. The van der Waals surface area contributed by atoms with Gasteiger partial charge in [0.2, 0.25) is 11.8 Å². The van der Waals surface area contributed by atoms with Gasteiger partial charge in [0.05, 0.1) is 0 Å². The monoisotopic (exact) mass is 346 g/mol. The van der Waals surface area contributed by atoms with E-state index in [2.05, 4.69) is 0 Å². The topological polar surface area (TPSA) is 40.6 Å². The van der Waals surface area contributed by atoms with E-state index in [9.17, 15) is 14.0 Å². The van der Waals surface area contributed by atoms with E-state index in [4.69, 9.17) is 0 Å². The Balaban J connectivity index is 1.47. The first kappa shape index (κ1) is 17.9. The molecule has 0 radical (unpaired) electrons. The Labute approximate surface area is 149 Å². The maximum Gasteiger partial charge on any atom is 0.224 e. The van der Waals surface area contributed by atoms with Gasteiger partial charge in [-0.3, -0.25) is 9.59 Å². The van der Waals surface area contributed by atoms with E-state index in [0.717, 1.165) is 57.3 Å². The zero-order chi connectivity index (χ0) is 17.6. The summed E-state index contributed by atoms with van der Waals surface area (Å²) >= 11 is 0. The molecule has 0 spiro atoms. The molecule has 5 heteroatoms. The largest absolute Gasteiger partial charge is 0.342 e. The zero-order valence-electron chi connectivity index (χ0n) is 14.8. The first-order valence-corrected chi connectivity index (χ1v) is 9.42. The number of carbonyl (C=O) groups excluding carboxylic acids is 2. The predicted molar refractivity (Wildman–Crippen MR) is 94.5 cm³/mol. The molecule has 0 saturated carbocycles. The van der Waals surface area contributed by atoms with Crippen LogP contribution >= 0.6 is 0 Å². The first-order valence-electron chi connectivity index (χ1n) is 9.42. The molecule has 0 aliphatic carbocycles. The van der Waals surface area contributed by atoms with Crippen molar-refractivity contribution < 1.29 is 14.0 Å². The average molecular weight is 346 g/mol. The van der Waals surface area contributed by atoms with Crippen molar-refractivity contribution in [3.05, 3.63) is 35.6 Å². The van der Waals surface area contributed by atoms with Crippen LogP contribution in [0.3, 0.4) is 0 Å². The molecule has 0 N–H and O–H groups in total. The summed E-state index contributed by atoms with van der Waals surface area (Å²) in [5.41, 5.74) is 1.12. The highest BCUT2D eigenvalue weighted by Gasteiger charge is 2.25. The Morgan fingerprint density at radius 1 is 1.12 bits per heavy atom. The van der Waals surface area contributed by atoms with E-state index in [1.807, 2.05) is 21.9 Å². The van der Waals surface area contributed by atoms with Gasteiger partial charge in [-0.15, -0.1) is 0 Å². The Morgan fingerprint density at radius 3 is 2.68 bits per heavy atom. The number of rotatable bonds is 5. The number of nitrogens with zero attached hydrogens (tertiary/aromatic N) is 2. The summed E-state index contributed by atoms with van der Waals surface area (Å²) in [5, 5.41) is 0. The number of benzene rings is 1. The lowest BCUT2D eigenvalue weighted by atomic mass is 9.91. The van der Waals surface area contributed by atoms with Crippen molar-refractivity contribution in [1.29, 1.82) is 0 Å². The highest BCUT2D eigenvalue weighted by atomic mass is 19.1. The van der Waals surface area contributed by atoms with E-state index < -0.39 is 0 Å². The van der Waals surface area contributed by atoms with Crippen LogP contribution in [0.5, 0.6) is 0 Å². The van der Waals surface area contributed by atoms with Crippen molar-refractivity contribution in [2.24, 2.45) is 5.92 Å². The van der Waals surface area contributed by atoms with Gasteiger partial charge in [-0.1, -0.05) is 12.1 Å². The van der Waals surface area contributed by atoms with Gasteiger partial charge in [0.15, 0.2) is 0 Å². The summed E-state index contributed by atoms with van der Waals surface area (Å²) in [6.07, 6.45) is 6.07. The number of carbonyl (C=O) groups is 2. The molecule has 1 atom stereocenters. The highest BCUT2D eigenvalue weighted by molar-refractivity contribution is 5.79. The summed E-state index contributed by atoms with van der Waals surface area (Å²) < 4.78 is 13.0. The molecule has 0 unspecified atom stereocenters. The first-order chi connectivity index (χ1) is 12.1. The van der Waals surface area contributed by atoms with Crippen LogP contribution in [0.1, 0.15) is 44.1 Å². The Bertz CT molecular complexity index is 602. The molecular formula is C20H27FN2O2. The molecule has 1 aromatic carbocycles. The van der Waals surface area contributed by atoms with Crippen LogP contribution in [-0.4, -0.2) is 47.8 Å². The summed E-state index contributed by atoms with van der Waals surface area (Å²) in [7, 11) is 0. The SMILES string of the molecule is O=C1CCCCN1CCC(=O)N1CCC[C@H](Cc2ccc(F)cc2)C1. The molecule has 1 aromatic rings. The fraction of sp³-hybridized carbons (Fsp3) is 0.600. The van der Waals surface area contributed by atoms with Crippen molar-refractivity contribution in [2.45, 2.75) is 44.9 Å². The summed E-state index contributed by atoms with van der Waals surface area (Å²) in [4.78, 5) is 28.2. The summed E-state index contributed by atoms with van der Waals surface area (Å²) in [6, 6.07) is 6.66. The van der Waals surface area contributed by atoms with Crippen LogP contribution < -0.4 is 0 Å². The minimum absolute atomic E-state index is 0.155. The second-order valence-electron chi connectivity index (χ2n) is 7.27. The van der Waals surface area contributed by atoms with Crippen LogP contribution in [0.2, 0.25) is 0 Å². The van der Waals surface area contributed by atoms with Gasteiger partial charge < -0.3 is 9.80 Å². The normalized spacial score (nSPS) is 21.5. The van der Waals surface area contributed by atoms with Gasteiger partial charge in [-0.25, -0.2) is 4.39 Å². The maximum atomic E-state index is 13.0. The van der Waals surface area contributed by atoms with Crippen LogP contribution in [0.15, 0.2) is 24.3 Å². The molecule has 2 amide bonds. The van der Waals surface area contributed by atoms with Crippen molar-refractivity contribution in [1.82, 2.24) is 9.80 Å². The van der Waals surface area contributed by atoms with Crippen LogP contribution in [0.4, 0.5) is 4.39 Å². The number of piperidine rings is 2. The molecule has 2 saturated heterocycles. The van der Waals surface area contributed by atoms with Crippen LogP contribution in [0, 0.1) is 11.7 Å². The molecule has 3 rings (SSSR count). The molecule has 25 heavy (non-hydrogen) atoms. The van der Waals surface area contributed by atoms with Gasteiger partial charge in [-0.2, -0.15) is 0 Å². The summed E-state index contributed by atoms with van der Waals surface area (Å²) in [5.74, 6) is 0.560. The van der Waals surface area contributed by atoms with E-state index >= 15 is 0 Å². The van der Waals surface area contributed by atoms with Crippen LogP contribution in [-0.2, 0) is 16.0 Å². The Kier molecular flexibility index (Phi) is 6.05. The molecule has 136 valence electrons. The van der Waals surface area contributed by atoms with E-state index in [-0.39, 0.29) is 17.6 Å². The van der Waals surface area contributed by atoms with Gasteiger partial charge >= 0.3 is 0 Å². The standard InChI is InChI=1S/C20H27FN2O2/c21-18-8-6-16(7-9-18)14-17-4-3-12-23(15-17)20(25)10-13-22-11-2-1-5-19(22)24/h6-9,17H,1-5,10-15H2/t17-/m1/s1. The third-order valence-electron chi connectivity index (χ3n) is 5.33. The van der Waals surface area contributed by atoms with Crippen molar-refractivity contribution in [3.8, 4) is 0 Å². The molecule has 0 bridgehead atoms. The molecule has 2 aliphatic rings. The van der Waals surface area contributed by atoms with Gasteiger partial charge in [-0.05, 0) is 55.7 Å². The van der Waals surface area contributed by atoms with Gasteiger partial charge in [0, 0.05) is 39.0 Å². The smallest absolute Gasteiger partial charge is 0.224 e. The minimum Gasteiger partial charge on any atom is -0.342 e. The number of amides is 2. The van der Waals surface area contributed by atoms with E-state index in [0.29, 0.717) is 25.3 Å². The van der Waals surface area contributed by atoms with Crippen molar-refractivity contribution in [2.75, 3.05) is 26.2 Å². The quantitative estimate of drug-likeness (QED) is 0.822. The number of likely N-dealkylation sites (tertiary alicyclic amines) is 2. The number of hydrogen-bond acceptors (Lipinski definition) is 2. The molecular weight excluding hydrogens is 319 g/mol. The van der Waals surface area contributed by atoms with E-state index in [1.165, 1.54) is 12.1 Å². The maximum absolute atomic E-state index is 13.0. The highest BCUT2D eigenvalue weighted by Crippen LogP contribution is 2.22. The lowest BCUT2D eigenvalue weighted by Crippen LogP contribution is -2.43. The predicted octanol–water partition coefficient (Wildman–Crippen LogP) is 3.01. The molecule has 2 fully saturated rings.